The third-order valence-electron chi connectivity index (χ3n) is 2.24. The molecule has 0 atom stereocenters. The van der Waals surface area contributed by atoms with Gasteiger partial charge in [-0.1, -0.05) is 12.1 Å². The highest BCUT2D eigenvalue weighted by Crippen LogP contribution is 2.27. The molecule has 0 saturated carbocycles. The number of carboxylic acids is 1. The molecule has 1 N–H and O–H groups in total. The molecule has 1 aromatic carbocycles. The van der Waals surface area contributed by atoms with Gasteiger partial charge in [0.25, 0.3) is 0 Å². The molecular weight excluding hydrogens is 194 g/mol. The van der Waals surface area contributed by atoms with Crippen molar-refractivity contribution in [2.45, 2.75) is 0 Å². The van der Waals surface area contributed by atoms with Crippen molar-refractivity contribution in [1.82, 2.24) is 0 Å². The van der Waals surface area contributed by atoms with Crippen LogP contribution in [-0.4, -0.2) is 24.7 Å². The van der Waals surface area contributed by atoms with E-state index in [1.165, 1.54) is 0 Å². The second-order valence-corrected chi connectivity index (χ2v) is 3.37. The molecule has 2 aromatic rings. The first-order chi connectivity index (χ1) is 7.18. The Morgan fingerprint density at radius 2 is 2.20 bits per heavy atom. The van der Waals surface area contributed by atoms with E-state index in [2.05, 4.69) is 0 Å². The van der Waals surface area contributed by atoms with Crippen LogP contribution < -0.4 is 4.90 Å². The number of aliphatic carboxylic acids is 1. The van der Waals surface area contributed by atoms with Crippen LogP contribution in [0, 0.1) is 0 Å². The van der Waals surface area contributed by atoms with Crippen molar-refractivity contribution in [3.05, 3.63) is 30.5 Å². The summed E-state index contributed by atoms with van der Waals surface area (Å²) in [5, 5.41) is 9.61. The molecule has 0 fully saturated rings. The molecule has 0 spiro atoms. The van der Waals surface area contributed by atoms with Crippen LogP contribution in [0.4, 0.5) is 5.69 Å². The zero-order chi connectivity index (χ0) is 10.8. The minimum Gasteiger partial charge on any atom is -0.480 e. The van der Waals surface area contributed by atoms with Crippen molar-refractivity contribution < 1.29 is 14.3 Å². The van der Waals surface area contributed by atoms with Crippen LogP contribution >= 0.6 is 0 Å². The molecule has 15 heavy (non-hydrogen) atoms. The number of benzene rings is 1. The molecule has 0 unspecified atom stereocenters. The minimum absolute atomic E-state index is 0.0382. The van der Waals surface area contributed by atoms with Gasteiger partial charge in [0.05, 0.1) is 5.69 Å². The second-order valence-electron chi connectivity index (χ2n) is 3.37. The maximum Gasteiger partial charge on any atom is 0.323 e. The number of para-hydroxylation sites is 1. The summed E-state index contributed by atoms with van der Waals surface area (Å²) in [6.45, 7) is -0.0382. The SMILES string of the molecule is CN(CC(=O)O)c1coc2ccccc12. The van der Waals surface area contributed by atoms with Gasteiger partial charge in [0, 0.05) is 12.4 Å². The molecule has 0 aliphatic rings. The van der Waals surface area contributed by atoms with Crippen LogP contribution in [0.5, 0.6) is 0 Å². The summed E-state index contributed by atoms with van der Waals surface area (Å²) in [4.78, 5) is 12.2. The summed E-state index contributed by atoms with van der Waals surface area (Å²) >= 11 is 0. The molecule has 0 radical (unpaired) electrons. The van der Waals surface area contributed by atoms with Crippen LogP contribution in [0.1, 0.15) is 0 Å². The first-order valence-electron chi connectivity index (χ1n) is 4.57. The molecule has 0 amide bonds. The molecule has 1 aromatic heterocycles. The van der Waals surface area contributed by atoms with Gasteiger partial charge in [-0.15, -0.1) is 0 Å². The lowest BCUT2D eigenvalue weighted by atomic mass is 10.2. The van der Waals surface area contributed by atoms with Gasteiger partial charge in [0.15, 0.2) is 0 Å². The number of hydrogen-bond donors (Lipinski definition) is 1. The summed E-state index contributed by atoms with van der Waals surface area (Å²) in [7, 11) is 1.73. The van der Waals surface area contributed by atoms with Crippen LogP contribution in [0.3, 0.4) is 0 Å². The van der Waals surface area contributed by atoms with Crippen LogP contribution in [0.15, 0.2) is 34.9 Å². The molecule has 0 saturated heterocycles. The maximum absolute atomic E-state index is 10.6. The summed E-state index contributed by atoms with van der Waals surface area (Å²) in [6, 6.07) is 7.54. The topological polar surface area (TPSA) is 53.7 Å². The van der Waals surface area contributed by atoms with Gasteiger partial charge in [-0.2, -0.15) is 0 Å². The van der Waals surface area contributed by atoms with E-state index in [4.69, 9.17) is 9.52 Å². The molecule has 4 heteroatoms. The predicted octanol–water partition coefficient (Wildman–Crippen LogP) is 1.95. The molecule has 0 aliphatic carbocycles. The van der Waals surface area contributed by atoms with E-state index in [-0.39, 0.29) is 6.54 Å². The van der Waals surface area contributed by atoms with E-state index in [0.29, 0.717) is 0 Å². The summed E-state index contributed by atoms with van der Waals surface area (Å²) in [5.74, 6) is -0.859. The highest BCUT2D eigenvalue weighted by molar-refractivity contribution is 5.92. The zero-order valence-electron chi connectivity index (χ0n) is 8.30. The van der Waals surface area contributed by atoms with Gasteiger partial charge >= 0.3 is 5.97 Å². The third kappa shape index (κ3) is 1.79. The van der Waals surface area contributed by atoms with Gasteiger partial charge in [0.2, 0.25) is 0 Å². The maximum atomic E-state index is 10.6. The van der Waals surface area contributed by atoms with E-state index in [9.17, 15) is 4.79 Å². The fourth-order valence-corrected chi connectivity index (χ4v) is 1.55. The largest absolute Gasteiger partial charge is 0.480 e. The molecule has 78 valence electrons. The standard InChI is InChI=1S/C11H11NO3/c1-12(6-11(13)14)9-7-15-10-5-3-2-4-8(9)10/h2-5,7H,6H2,1H3,(H,13,14). The van der Waals surface area contributed by atoms with Gasteiger partial charge < -0.3 is 14.4 Å². The Kier molecular flexibility index (Phi) is 2.33. The van der Waals surface area contributed by atoms with Gasteiger partial charge in [0.1, 0.15) is 18.4 Å². The molecule has 0 bridgehead atoms. The number of anilines is 1. The number of carbonyl (C=O) groups is 1. The Bertz CT molecular complexity index is 489. The average Bonchev–Trinajstić information content (AvgIpc) is 2.59. The van der Waals surface area contributed by atoms with E-state index in [1.54, 1.807) is 18.2 Å². The average molecular weight is 205 g/mol. The number of likely N-dealkylation sites (N-methyl/N-ethyl adjacent to an activating group) is 1. The lowest BCUT2D eigenvalue weighted by Gasteiger charge is -2.14. The fourth-order valence-electron chi connectivity index (χ4n) is 1.55. The van der Waals surface area contributed by atoms with E-state index in [0.717, 1.165) is 16.7 Å². The van der Waals surface area contributed by atoms with Gasteiger partial charge in [-0.05, 0) is 12.1 Å². The Balaban J connectivity index is 2.39. The number of nitrogens with zero attached hydrogens (tertiary/aromatic N) is 1. The molecule has 4 nitrogen and oxygen atoms in total. The van der Waals surface area contributed by atoms with E-state index < -0.39 is 5.97 Å². The lowest BCUT2D eigenvalue weighted by Crippen LogP contribution is -2.24. The second kappa shape index (κ2) is 3.65. The van der Waals surface area contributed by atoms with Gasteiger partial charge in [-0.25, -0.2) is 0 Å². The highest BCUT2D eigenvalue weighted by atomic mass is 16.4. The van der Waals surface area contributed by atoms with Crippen LogP contribution in [0.2, 0.25) is 0 Å². The predicted molar refractivity (Wildman–Crippen MR) is 57.1 cm³/mol. The Hall–Kier alpha value is -1.97. The van der Waals surface area contributed by atoms with Crippen molar-refractivity contribution in [2.24, 2.45) is 0 Å². The van der Waals surface area contributed by atoms with Gasteiger partial charge in [-0.3, -0.25) is 4.79 Å². The number of fused-ring (bicyclic) bond motifs is 1. The summed E-state index contributed by atoms with van der Waals surface area (Å²) < 4.78 is 5.32. The Morgan fingerprint density at radius 1 is 1.47 bits per heavy atom. The molecule has 1 heterocycles. The summed E-state index contributed by atoms with van der Waals surface area (Å²) in [5.41, 5.74) is 1.57. The van der Waals surface area contributed by atoms with Crippen molar-refractivity contribution in [2.75, 3.05) is 18.5 Å². The number of rotatable bonds is 3. The van der Waals surface area contributed by atoms with Crippen molar-refractivity contribution in [3.63, 3.8) is 0 Å². The number of carboxylic acid groups (broad SMARTS) is 1. The van der Waals surface area contributed by atoms with Crippen molar-refractivity contribution in [3.8, 4) is 0 Å². The Labute approximate surface area is 86.7 Å². The monoisotopic (exact) mass is 205 g/mol. The lowest BCUT2D eigenvalue weighted by molar-refractivity contribution is -0.135. The minimum atomic E-state index is -0.859. The zero-order valence-corrected chi connectivity index (χ0v) is 8.30. The van der Waals surface area contributed by atoms with E-state index in [1.807, 2.05) is 24.3 Å². The smallest absolute Gasteiger partial charge is 0.323 e. The highest BCUT2D eigenvalue weighted by Gasteiger charge is 2.11. The first kappa shape index (κ1) is 9.58. The quantitative estimate of drug-likeness (QED) is 0.832. The van der Waals surface area contributed by atoms with Crippen molar-refractivity contribution in [1.29, 1.82) is 0 Å². The van der Waals surface area contributed by atoms with Crippen molar-refractivity contribution >= 4 is 22.6 Å². The normalized spacial score (nSPS) is 10.5. The molecule has 0 aliphatic heterocycles. The van der Waals surface area contributed by atoms with E-state index >= 15 is 0 Å². The van der Waals surface area contributed by atoms with Crippen LogP contribution in [-0.2, 0) is 4.79 Å². The molecule has 2 rings (SSSR count). The number of furan rings is 1. The fraction of sp³-hybridized carbons (Fsp3) is 0.182. The number of hydrogen-bond acceptors (Lipinski definition) is 3. The first-order valence-corrected chi connectivity index (χ1v) is 4.57. The molecular formula is C11H11NO3. The third-order valence-corrected chi connectivity index (χ3v) is 2.24. The Morgan fingerprint density at radius 3 is 2.93 bits per heavy atom. The summed E-state index contributed by atoms with van der Waals surface area (Å²) in [6.07, 6.45) is 1.58. The van der Waals surface area contributed by atoms with Crippen LogP contribution in [0.25, 0.3) is 11.0 Å².